The fourth-order valence-electron chi connectivity index (χ4n) is 2.13. The van der Waals surface area contributed by atoms with Crippen LogP contribution in [0.1, 0.15) is 5.01 Å². The van der Waals surface area contributed by atoms with E-state index in [2.05, 4.69) is 21.6 Å². The summed E-state index contributed by atoms with van der Waals surface area (Å²) in [5, 5.41) is 16.5. The van der Waals surface area contributed by atoms with Crippen LogP contribution in [0.3, 0.4) is 0 Å². The minimum atomic E-state index is 0.189. The maximum Gasteiger partial charge on any atom is 0.196 e. The van der Waals surface area contributed by atoms with Crippen LogP contribution in [0.15, 0.2) is 59.0 Å². The second kappa shape index (κ2) is 7.79. The monoisotopic (exact) mass is 368 g/mol. The van der Waals surface area contributed by atoms with Crippen LogP contribution in [-0.4, -0.2) is 17.8 Å². The zero-order valence-corrected chi connectivity index (χ0v) is 14.8. The standard InChI is InChI=1S/C18H13ClN4OS/c1-24-17-8-7-13(19)9-14(17)22-23-15(10-20)18-21-16(11-25-18)12-5-3-2-4-6-12/h2-9,11,22H,1H3. The van der Waals surface area contributed by atoms with Gasteiger partial charge in [-0.05, 0) is 18.2 Å². The number of methoxy groups -OCH3 is 1. The van der Waals surface area contributed by atoms with Crippen molar-refractivity contribution in [1.82, 2.24) is 4.98 Å². The van der Waals surface area contributed by atoms with Crippen LogP contribution in [0.2, 0.25) is 5.02 Å². The third-order valence-corrected chi connectivity index (χ3v) is 4.42. The Morgan fingerprint density at radius 1 is 1.28 bits per heavy atom. The summed E-state index contributed by atoms with van der Waals surface area (Å²) in [6.45, 7) is 0. The minimum absolute atomic E-state index is 0.189. The van der Waals surface area contributed by atoms with Crippen LogP contribution in [0.5, 0.6) is 5.75 Å². The van der Waals surface area contributed by atoms with Crippen LogP contribution in [0.4, 0.5) is 5.69 Å². The summed E-state index contributed by atoms with van der Waals surface area (Å²) in [7, 11) is 1.55. The smallest absolute Gasteiger partial charge is 0.196 e. The number of hydrogen-bond acceptors (Lipinski definition) is 6. The largest absolute Gasteiger partial charge is 0.495 e. The topological polar surface area (TPSA) is 70.3 Å². The van der Waals surface area contributed by atoms with Gasteiger partial charge in [0.1, 0.15) is 11.8 Å². The highest BCUT2D eigenvalue weighted by molar-refractivity contribution is 7.12. The highest BCUT2D eigenvalue weighted by Crippen LogP contribution is 2.28. The van der Waals surface area contributed by atoms with Gasteiger partial charge in [0.2, 0.25) is 0 Å². The molecule has 7 heteroatoms. The van der Waals surface area contributed by atoms with E-state index >= 15 is 0 Å². The highest BCUT2D eigenvalue weighted by Gasteiger charge is 2.11. The van der Waals surface area contributed by atoms with E-state index in [1.165, 1.54) is 11.3 Å². The SMILES string of the molecule is COc1ccc(Cl)cc1NN=C(C#N)c1nc(-c2ccccc2)cs1. The molecule has 0 aliphatic heterocycles. The number of anilines is 1. The molecule has 1 N–H and O–H groups in total. The van der Waals surface area contributed by atoms with Crippen molar-refractivity contribution in [3.63, 3.8) is 0 Å². The average molecular weight is 369 g/mol. The Labute approximate surface area is 154 Å². The molecule has 5 nitrogen and oxygen atoms in total. The molecule has 124 valence electrons. The van der Waals surface area contributed by atoms with Gasteiger partial charge in [0.15, 0.2) is 10.7 Å². The van der Waals surface area contributed by atoms with Gasteiger partial charge in [0.05, 0.1) is 18.5 Å². The molecule has 25 heavy (non-hydrogen) atoms. The number of ether oxygens (including phenoxy) is 1. The number of halogens is 1. The van der Waals surface area contributed by atoms with E-state index in [9.17, 15) is 5.26 Å². The molecule has 1 aromatic heterocycles. The summed E-state index contributed by atoms with van der Waals surface area (Å²) in [5.74, 6) is 0.578. The molecule has 0 aliphatic carbocycles. The number of aromatic nitrogens is 1. The number of benzene rings is 2. The zero-order chi connectivity index (χ0) is 17.6. The van der Waals surface area contributed by atoms with Gasteiger partial charge < -0.3 is 4.74 Å². The number of thiazole rings is 1. The fraction of sp³-hybridized carbons (Fsp3) is 0.0556. The number of nitrogens with zero attached hydrogens (tertiary/aromatic N) is 3. The average Bonchev–Trinajstić information content (AvgIpc) is 3.13. The predicted molar refractivity (Wildman–Crippen MR) is 101 cm³/mol. The molecule has 0 saturated carbocycles. The molecule has 3 rings (SSSR count). The number of rotatable bonds is 5. The number of nitriles is 1. The van der Waals surface area contributed by atoms with Gasteiger partial charge >= 0.3 is 0 Å². The van der Waals surface area contributed by atoms with Crippen molar-refractivity contribution in [1.29, 1.82) is 5.26 Å². The lowest BCUT2D eigenvalue weighted by molar-refractivity contribution is 0.416. The quantitative estimate of drug-likeness (QED) is 0.518. The van der Waals surface area contributed by atoms with E-state index in [4.69, 9.17) is 16.3 Å². The van der Waals surface area contributed by atoms with E-state index in [-0.39, 0.29) is 5.71 Å². The zero-order valence-electron chi connectivity index (χ0n) is 13.2. The lowest BCUT2D eigenvalue weighted by Crippen LogP contribution is -2.02. The van der Waals surface area contributed by atoms with Crippen LogP contribution >= 0.6 is 22.9 Å². The van der Waals surface area contributed by atoms with E-state index in [1.807, 2.05) is 35.7 Å². The molecule has 0 spiro atoms. The molecule has 1 heterocycles. The van der Waals surface area contributed by atoms with Crippen LogP contribution in [0, 0.1) is 11.3 Å². The molecule has 0 bridgehead atoms. The molecule has 0 saturated heterocycles. The maximum absolute atomic E-state index is 9.41. The van der Waals surface area contributed by atoms with E-state index in [0.29, 0.717) is 21.5 Å². The van der Waals surface area contributed by atoms with Crippen LogP contribution < -0.4 is 10.2 Å². The van der Waals surface area contributed by atoms with Crippen molar-refractivity contribution in [2.24, 2.45) is 5.10 Å². The molecule has 0 fully saturated rings. The van der Waals surface area contributed by atoms with Gasteiger partial charge in [-0.2, -0.15) is 10.4 Å². The maximum atomic E-state index is 9.41. The van der Waals surface area contributed by atoms with Gasteiger partial charge in [-0.25, -0.2) is 4.98 Å². The first kappa shape index (κ1) is 17.0. The first-order valence-electron chi connectivity index (χ1n) is 7.30. The molecular formula is C18H13ClN4OS. The van der Waals surface area contributed by atoms with Crippen LogP contribution in [-0.2, 0) is 0 Å². The third kappa shape index (κ3) is 3.97. The number of nitrogens with one attached hydrogen (secondary N) is 1. The van der Waals surface area contributed by atoms with E-state index in [0.717, 1.165) is 11.3 Å². The van der Waals surface area contributed by atoms with Crippen molar-refractivity contribution in [2.45, 2.75) is 0 Å². The van der Waals surface area contributed by atoms with Gasteiger partial charge in [0, 0.05) is 16.0 Å². The highest BCUT2D eigenvalue weighted by atomic mass is 35.5. The van der Waals surface area contributed by atoms with E-state index in [1.54, 1.807) is 25.3 Å². The van der Waals surface area contributed by atoms with Crippen LogP contribution in [0.25, 0.3) is 11.3 Å². The number of hydrazone groups is 1. The summed E-state index contributed by atoms with van der Waals surface area (Å²) >= 11 is 7.36. The van der Waals surface area contributed by atoms with Crippen molar-refractivity contribution in [2.75, 3.05) is 12.5 Å². The Kier molecular flexibility index (Phi) is 5.29. The minimum Gasteiger partial charge on any atom is -0.495 e. The normalized spacial score (nSPS) is 11.0. The molecule has 0 radical (unpaired) electrons. The van der Waals surface area contributed by atoms with Gasteiger partial charge in [0.25, 0.3) is 0 Å². The van der Waals surface area contributed by atoms with Crippen molar-refractivity contribution < 1.29 is 4.74 Å². The van der Waals surface area contributed by atoms with E-state index < -0.39 is 0 Å². The Morgan fingerprint density at radius 3 is 2.80 bits per heavy atom. The first-order valence-corrected chi connectivity index (χ1v) is 8.55. The summed E-state index contributed by atoms with van der Waals surface area (Å²) in [6, 6.07) is 17.0. The summed E-state index contributed by atoms with van der Waals surface area (Å²) in [4.78, 5) is 4.49. The second-order valence-corrected chi connectivity index (χ2v) is 6.23. The molecule has 0 amide bonds. The van der Waals surface area contributed by atoms with Crippen molar-refractivity contribution >= 4 is 34.3 Å². The molecular weight excluding hydrogens is 356 g/mol. The summed E-state index contributed by atoms with van der Waals surface area (Å²) in [5.41, 5.74) is 5.39. The summed E-state index contributed by atoms with van der Waals surface area (Å²) in [6.07, 6.45) is 0. The molecule has 0 unspecified atom stereocenters. The van der Waals surface area contributed by atoms with Gasteiger partial charge in [-0.1, -0.05) is 41.9 Å². The fourth-order valence-corrected chi connectivity index (χ4v) is 3.07. The van der Waals surface area contributed by atoms with Gasteiger partial charge in [-0.15, -0.1) is 11.3 Å². The van der Waals surface area contributed by atoms with Crippen molar-refractivity contribution in [3.05, 3.63) is 63.9 Å². The Morgan fingerprint density at radius 2 is 2.08 bits per heavy atom. The Hall–Kier alpha value is -2.88. The summed E-state index contributed by atoms with van der Waals surface area (Å²) < 4.78 is 5.25. The second-order valence-electron chi connectivity index (χ2n) is 4.93. The Balaban J connectivity index is 1.86. The molecule has 0 atom stereocenters. The lowest BCUT2D eigenvalue weighted by atomic mass is 10.2. The Bertz CT molecular complexity index is 947. The van der Waals surface area contributed by atoms with Crippen molar-refractivity contribution in [3.8, 4) is 23.1 Å². The molecule has 2 aromatic carbocycles. The lowest BCUT2D eigenvalue weighted by Gasteiger charge is -2.07. The first-order chi connectivity index (χ1) is 12.2. The molecule has 0 aliphatic rings. The predicted octanol–water partition coefficient (Wildman–Crippen LogP) is 4.81. The third-order valence-electron chi connectivity index (χ3n) is 3.33. The van der Waals surface area contributed by atoms with Gasteiger partial charge in [-0.3, -0.25) is 5.43 Å². The molecule has 3 aromatic rings. The number of hydrogen-bond donors (Lipinski definition) is 1.